The van der Waals surface area contributed by atoms with E-state index in [1.807, 2.05) is 0 Å². The van der Waals surface area contributed by atoms with Gasteiger partial charge in [-0.3, -0.25) is 0 Å². The number of ether oxygens (including phenoxy) is 2. The van der Waals surface area contributed by atoms with E-state index in [1.165, 1.54) is 0 Å². The van der Waals surface area contributed by atoms with Gasteiger partial charge in [0, 0.05) is 0 Å². The molecule has 21 heavy (non-hydrogen) atoms. The summed E-state index contributed by atoms with van der Waals surface area (Å²) in [6.07, 6.45) is -0.734. The third kappa shape index (κ3) is 6.74. The quantitative estimate of drug-likeness (QED) is 0.864. The number of esters is 1. The fourth-order valence-electron chi connectivity index (χ4n) is 1.44. The highest BCUT2D eigenvalue weighted by Gasteiger charge is 2.16. The molecule has 0 aliphatic carbocycles. The van der Waals surface area contributed by atoms with Crippen LogP contribution in [0.15, 0.2) is 18.2 Å². The molecule has 0 aliphatic rings. The van der Waals surface area contributed by atoms with Crippen molar-refractivity contribution in [1.29, 1.82) is 0 Å². The summed E-state index contributed by atoms with van der Waals surface area (Å²) >= 11 is 0. The predicted molar refractivity (Wildman–Crippen MR) is 77.9 cm³/mol. The molecule has 0 saturated heterocycles. The summed E-state index contributed by atoms with van der Waals surface area (Å²) in [5.41, 5.74) is 0.215. The average molecular weight is 294 g/mol. The minimum absolute atomic E-state index is 0.178. The molecule has 0 fully saturated rings. The van der Waals surface area contributed by atoms with Crippen LogP contribution in [0.25, 0.3) is 0 Å². The Morgan fingerprint density at radius 3 is 2.52 bits per heavy atom. The summed E-state index contributed by atoms with van der Waals surface area (Å²) in [7, 11) is 0. The molecule has 1 N–H and O–H groups in total. The van der Waals surface area contributed by atoms with Gasteiger partial charge in [-0.05, 0) is 46.8 Å². The molecule has 1 aromatic rings. The first-order chi connectivity index (χ1) is 9.67. The van der Waals surface area contributed by atoms with Gasteiger partial charge in [-0.15, -0.1) is 0 Å². The van der Waals surface area contributed by atoms with Crippen LogP contribution in [0.4, 0.5) is 4.79 Å². The van der Waals surface area contributed by atoms with Gasteiger partial charge in [0.15, 0.2) is 0 Å². The van der Waals surface area contributed by atoms with E-state index in [9.17, 15) is 9.59 Å². The molecule has 0 aromatic carbocycles. The molecule has 0 bridgehead atoms. The lowest BCUT2D eigenvalue weighted by molar-refractivity contribution is 0.0370. The van der Waals surface area contributed by atoms with Crippen molar-refractivity contribution >= 4 is 12.1 Å². The molecular weight excluding hydrogens is 272 g/mol. The van der Waals surface area contributed by atoms with Crippen molar-refractivity contribution in [1.82, 2.24) is 10.3 Å². The van der Waals surface area contributed by atoms with Crippen molar-refractivity contribution in [2.24, 2.45) is 0 Å². The number of carbonyl (C=O) groups is 2. The van der Waals surface area contributed by atoms with E-state index in [0.717, 1.165) is 0 Å². The minimum Gasteiger partial charge on any atom is -0.458 e. The summed E-state index contributed by atoms with van der Waals surface area (Å²) < 4.78 is 10.2. The lowest BCUT2D eigenvalue weighted by Gasteiger charge is -2.19. The van der Waals surface area contributed by atoms with Crippen LogP contribution >= 0.6 is 0 Å². The lowest BCUT2D eigenvalue weighted by Crippen LogP contribution is -2.32. The van der Waals surface area contributed by atoms with Crippen LogP contribution < -0.4 is 5.32 Å². The molecule has 6 nitrogen and oxygen atoms in total. The number of nitrogens with one attached hydrogen (secondary N) is 1. The Balaban J connectivity index is 2.61. The number of rotatable bonds is 4. The van der Waals surface area contributed by atoms with Crippen LogP contribution in [0.1, 0.15) is 50.8 Å². The standard InChI is InChI=1S/C15H22N2O4/c1-10(2)20-13(18)12-8-6-7-11(17-12)9-16-14(19)21-15(3,4)5/h6-8,10H,9H2,1-5H3,(H,16,19). The topological polar surface area (TPSA) is 77.5 Å². The van der Waals surface area contributed by atoms with E-state index >= 15 is 0 Å². The molecule has 1 heterocycles. The largest absolute Gasteiger partial charge is 0.458 e. The second-order valence-corrected chi connectivity index (χ2v) is 5.82. The zero-order chi connectivity index (χ0) is 16.0. The molecule has 116 valence electrons. The van der Waals surface area contributed by atoms with Gasteiger partial charge < -0.3 is 14.8 Å². The van der Waals surface area contributed by atoms with Gasteiger partial charge in [-0.2, -0.15) is 0 Å². The summed E-state index contributed by atoms with van der Waals surface area (Å²) in [6, 6.07) is 4.97. The molecule has 1 rings (SSSR count). The molecule has 0 aliphatic heterocycles. The number of hydrogen-bond acceptors (Lipinski definition) is 5. The number of pyridine rings is 1. The Kier molecular flexibility index (Phi) is 5.69. The molecule has 0 unspecified atom stereocenters. The molecule has 1 amide bonds. The third-order valence-electron chi connectivity index (χ3n) is 2.17. The van der Waals surface area contributed by atoms with Crippen LogP contribution in [0.2, 0.25) is 0 Å². The second kappa shape index (κ2) is 7.06. The highest BCUT2D eigenvalue weighted by atomic mass is 16.6. The molecular formula is C15H22N2O4. The normalized spacial score (nSPS) is 11.1. The van der Waals surface area contributed by atoms with E-state index in [4.69, 9.17) is 9.47 Å². The molecule has 0 spiro atoms. The Morgan fingerprint density at radius 2 is 1.95 bits per heavy atom. The Hall–Kier alpha value is -2.11. The summed E-state index contributed by atoms with van der Waals surface area (Å²) in [6.45, 7) is 9.07. The average Bonchev–Trinajstić information content (AvgIpc) is 2.34. The maximum absolute atomic E-state index is 11.7. The van der Waals surface area contributed by atoms with Gasteiger partial charge in [0.1, 0.15) is 11.3 Å². The van der Waals surface area contributed by atoms with Crippen molar-refractivity contribution in [3.63, 3.8) is 0 Å². The predicted octanol–water partition coefficient (Wildman–Crippen LogP) is 2.67. The van der Waals surface area contributed by atoms with E-state index in [-0.39, 0.29) is 18.3 Å². The van der Waals surface area contributed by atoms with Crippen LogP contribution in [0.5, 0.6) is 0 Å². The van der Waals surface area contributed by atoms with Crippen molar-refractivity contribution in [2.45, 2.75) is 52.9 Å². The molecule has 6 heteroatoms. The first-order valence-electron chi connectivity index (χ1n) is 6.81. The zero-order valence-electron chi connectivity index (χ0n) is 13.1. The smallest absolute Gasteiger partial charge is 0.407 e. The third-order valence-corrected chi connectivity index (χ3v) is 2.17. The number of hydrogen-bond donors (Lipinski definition) is 1. The molecule has 0 atom stereocenters. The zero-order valence-corrected chi connectivity index (χ0v) is 13.1. The molecule has 1 aromatic heterocycles. The van der Waals surface area contributed by atoms with Gasteiger partial charge in [-0.25, -0.2) is 14.6 Å². The van der Waals surface area contributed by atoms with Gasteiger partial charge >= 0.3 is 12.1 Å². The highest BCUT2D eigenvalue weighted by molar-refractivity contribution is 5.87. The number of nitrogens with zero attached hydrogens (tertiary/aromatic N) is 1. The van der Waals surface area contributed by atoms with E-state index in [0.29, 0.717) is 5.69 Å². The molecule has 0 saturated carbocycles. The minimum atomic E-state index is -0.555. The van der Waals surface area contributed by atoms with Crippen LogP contribution in [-0.2, 0) is 16.0 Å². The van der Waals surface area contributed by atoms with Crippen molar-refractivity contribution in [3.8, 4) is 0 Å². The number of carbonyl (C=O) groups excluding carboxylic acids is 2. The fraction of sp³-hybridized carbons (Fsp3) is 0.533. The van der Waals surface area contributed by atoms with Crippen LogP contribution in [0, 0.1) is 0 Å². The second-order valence-electron chi connectivity index (χ2n) is 5.82. The van der Waals surface area contributed by atoms with E-state index < -0.39 is 17.7 Å². The number of amides is 1. The number of alkyl carbamates (subject to hydrolysis) is 1. The maximum Gasteiger partial charge on any atom is 0.407 e. The van der Waals surface area contributed by atoms with Crippen LogP contribution in [0.3, 0.4) is 0 Å². The van der Waals surface area contributed by atoms with Crippen LogP contribution in [-0.4, -0.2) is 28.8 Å². The summed E-state index contributed by atoms with van der Waals surface area (Å²) in [5.74, 6) is -0.482. The van der Waals surface area contributed by atoms with Gasteiger partial charge in [0.25, 0.3) is 0 Å². The van der Waals surface area contributed by atoms with Crippen molar-refractivity contribution < 1.29 is 19.1 Å². The van der Waals surface area contributed by atoms with Crippen molar-refractivity contribution in [2.75, 3.05) is 0 Å². The molecule has 0 radical (unpaired) electrons. The van der Waals surface area contributed by atoms with Gasteiger partial charge in [-0.1, -0.05) is 6.07 Å². The van der Waals surface area contributed by atoms with Gasteiger partial charge in [0.05, 0.1) is 18.3 Å². The first kappa shape index (κ1) is 16.9. The Bertz CT molecular complexity index is 507. The SMILES string of the molecule is CC(C)OC(=O)c1cccc(CNC(=O)OC(C)(C)C)n1. The monoisotopic (exact) mass is 294 g/mol. The van der Waals surface area contributed by atoms with E-state index in [1.54, 1.807) is 52.8 Å². The summed E-state index contributed by atoms with van der Waals surface area (Å²) in [5, 5.41) is 2.59. The van der Waals surface area contributed by atoms with Crippen molar-refractivity contribution in [3.05, 3.63) is 29.6 Å². The highest BCUT2D eigenvalue weighted by Crippen LogP contribution is 2.07. The fourth-order valence-corrected chi connectivity index (χ4v) is 1.44. The number of aromatic nitrogens is 1. The Labute approximate surface area is 124 Å². The first-order valence-corrected chi connectivity index (χ1v) is 6.81. The van der Waals surface area contributed by atoms with Gasteiger partial charge in [0.2, 0.25) is 0 Å². The Morgan fingerprint density at radius 1 is 1.29 bits per heavy atom. The maximum atomic E-state index is 11.7. The lowest BCUT2D eigenvalue weighted by atomic mass is 10.2. The summed E-state index contributed by atoms with van der Waals surface area (Å²) in [4.78, 5) is 27.4. The van der Waals surface area contributed by atoms with E-state index in [2.05, 4.69) is 10.3 Å².